The van der Waals surface area contributed by atoms with Crippen molar-refractivity contribution in [3.63, 3.8) is 0 Å². The minimum absolute atomic E-state index is 0.286. The molecule has 0 saturated carbocycles. The Kier molecular flexibility index (Phi) is 4.23. The van der Waals surface area contributed by atoms with E-state index in [1.165, 1.54) is 6.07 Å². The van der Waals surface area contributed by atoms with E-state index < -0.39 is 11.7 Å². The Morgan fingerprint density at radius 3 is 2.45 bits per heavy atom. The lowest BCUT2D eigenvalue weighted by molar-refractivity contribution is -0.137. The molecule has 0 aliphatic carbocycles. The largest absolute Gasteiger partial charge is 0.416 e. The van der Waals surface area contributed by atoms with E-state index in [2.05, 4.69) is 5.32 Å². The van der Waals surface area contributed by atoms with Gasteiger partial charge in [0.05, 0.1) is 16.3 Å². The molecule has 20 heavy (non-hydrogen) atoms. The maximum atomic E-state index is 12.6. The summed E-state index contributed by atoms with van der Waals surface area (Å²) in [6.07, 6.45) is -4.32. The Morgan fingerprint density at radius 2 is 1.80 bits per heavy atom. The van der Waals surface area contributed by atoms with Crippen molar-refractivity contribution in [1.29, 1.82) is 0 Å². The normalized spacial score (nSPS) is 11.4. The third-order valence-corrected chi connectivity index (χ3v) is 3.26. The first-order valence-electron chi connectivity index (χ1n) is 6.03. The van der Waals surface area contributed by atoms with Gasteiger partial charge in [-0.1, -0.05) is 35.9 Å². The minimum Gasteiger partial charge on any atom is -0.380 e. The Bertz CT molecular complexity index is 588. The van der Waals surface area contributed by atoms with Gasteiger partial charge in [0.25, 0.3) is 0 Å². The number of benzene rings is 2. The Balaban J connectivity index is 2.16. The van der Waals surface area contributed by atoms with Gasteiger partial charge in [-0.25, -0.2) is 0 Å². The molecule has 0 spiro atoms. The third-order valence-electron chi connectivity index (χ3n) is 2.95. The Labute approximate surface area is 120 Å². The van der Waals surface area contributed by atoms with E-state index >= 15 is 0 Å². The molecular formula is C15H13ClF3N. The van der Waals surface area contributed by atoms with Gasteiger partial charge in [0.2, 0.25) is 0 Å². The van der Waals surface area contributed by atoms with Gasteiger partial charge in [0.15, 0.2) is 0 Å². The molecule has 0 aliphatic rings. The summed E-state index contributed by atoms with van der Waals surface area (Å²) in [5.74, 6) is 0. The highest BCUT2D eigenvalue weighted by atomic mass is 35.5. The second kappa shape index (κ2) is 5.75. The second-order valence-electron chi connectivity index (χ2n) is 4.48. The average Bonchev–Trinajstić information content (AvgIpc) is 2.37. The van der Waals surface area contributed by atoms with Crippen LogP contribution in [0.2, 0.25) is 5.02 Å². The summed E-state index contributed by atoms with van der Waals surface area (Å²) in [6, 6.07) is 10.7. The zero-order valence-electron chi connectivity index (χ0n) is 10.8. The Morgan fingerprint density at radius 1 is 1.10 bits per heavy atom. The van der Waals surface area contributed by atoms with E-state index in [0.29, 0.717) is 10.6 Å². The van der Waals surface area contributed by atoms with Crippen LogP contribution in [0.3, 0.4) is 0 Å². The molecule has 0 radical (unpaired) electrons. The van der Waals surface area contributed by atoms with Crippen molar-refractivity contribution in [3.8, 4) is 0 Å². The van der Waals surface area contributed by atoms with Crippen LogP contribution in [0.5, 0.6) is 0 Å². The zero-order chi connectivity index (χ0) is 14.8. The second-order valence-corrected chi connectivity index (χ2v) is 4.89. The van der Waals surface area contributed by atoms with Crippen LogP contribution in [0.1, 0.15) is 16.7 Å². The molecule has 0 heterocycles. The van der Waals surface area contributed by atoms with Crippen LogP contribution in [-0.4, -0.2) is 0 Å². The van der Waals surface area contributed by atoms with Gasteiger partial charge in [0, 0.05) is 6.54 Å². The van der Waals surface area contributed by atoms with Crippen LogP contribution in [0.4, 0.5) is 18.9 Å². The average molecular weight is 300 g/mol. The molecule has 0 fully saturated rings. The first kappa shape index (κ1) is 14.7. The van der Waals surface area contributed by atoms with Crippen molar-refractivity contribution < 1.29 is 13.2 Å². The molecule has 1 nitrogen and oxygen atoms in total. The number of hydrogen-bond donors (Lipinski definition) is 1. The maximum absolute atomic E-state index is 12.6. The molecule has 0 unspecified atom stereocenters. The highest BCUT2D eigenvalue weighted by Gasteiger charge is 2.30. The van der Waals surface area contributed by atoms with Crippen LogP contribution in [0.25, 0.3) is 0 Å². The molecule has 2 aromatic carbocycles. The number of nitrogens with one attached hydrogen (secondary N) is 1. The monoisotopic (exact) mass is 299 g/mol. The predicted octanol–water partition coefficient (Wildman–Crippen LogP) is 5.28. The summed E-state index contributed by atoms with van der Waals surface area (Å²) in [6.45, 7) is 2.18. The van der Waals surface area contributed by atoms with Gasteiger partial charge in [-0.2, -0.15) is 13.2 Å². The highest BCUT2D eigenvalue weighted by molar-refractivity contribution is 6.33. The molecule has 0 saturated heterocycles. The lowest BCUT2D eigenvalue weighted by Crippen LogP contribution is -2.07. The van der Waals surface area contributed by atoms with Crippen LogP contribution in [0.15, 0.2) is 42.5 Å². The smallest absolute Gasteiger partial charge is 0.380 e. The van der Waals surface area contributed by atoms with Gasteiger partial charge in [-0.05, 0) is 36.2 Å². The number of rotatable bonds is 3. The molecule has 2 rings (SSSR count). The van der Waals surface area contributed by atoms with Crippen LogP contribution in [-0.2, 0) is 12.7 Å². The molecule has 0 atom stereocenters. The summed E-state index contributed by atoms with van der Waals surface area (Å²) >= 11 is 6.06. The molecule has 0 bridgehead atoms. The first-order chi connectivity index (χ1) is 9.38. The van der Waals surface area contributed by atoms with E-state index in [0.717, 1.165) is 23.4 Å². The Hall–Kier alpha value is -1.68. The number of anilines is 1. The van der Waals surface area contributed by atoms with Gasteiger partial charge in [0.1, 0.15) is 0 Å². The van der Waals surface area contributed by atoms with E-state index in [1.54, 1.807) is 12.1 Å². The molecule has 2 aromatic rings. The fraction of sp³-hybridized carbons (Fsp3) is 0.200. The summed E-state index contributed by atoms with van der Waals surface area (Å²) in [5.41, 5.74) is 1.60. The molecule has 1 N–H and O–H groups in total. The van der Waals surface area contributed by atoms with Crippen LogP contribution in [0, 0.1) is 6.92 Å². The number of alkyl halides is 3. The predicted molar refractivity (Wildman–Crippen MR) is 75.0 cm³/mol. The van der Waals surface area contributed by atoms with Crippen molar-refractivity contribution in [1.82, 2.24) is 0 Å². The van der Waals surface area contributed by atoms with E-state index in [1.807, 2.05) is 19.1 Å². The quantitative estimate of drug-likeness (QED) is 0.813. The number of aryl methyl sites for hydroxylation is 1. The molecule has 5 heteroatoms. The minimum atomic E-state index is -4.32. The lowest BCUT2D eigenvalue weighted by atomic mass is 10.1. The van der Waals surface area contributed by atoms with Crippen LogP contribution < -0.4 is 5.32 Å². The van der Waals surface area contributed by atoms with Crippen molar-refractivity contribution in [3.05, 3.63) is 64.2 Å². The summed E-state index contributed by atoms with van der Waals surface area (Å²) in [4.78, 5) is 0. The highest BCUT2D eigenvalue weighted by Crippen LogP contribution is 2.30. The molecular weight excluding hydrogens is 287 g/mol. The zero-order valence-corrected chi connectivity index (χ0v) is 11.5. The summed E-state index contributed by atoms with van der Waals surface area (Å²) in [5, 5.41) is 3.63. The number of hydrogen-bond acceptors (Lipinski definition) is 1. The van der Waals surface area contributed by atoms with Crippen LogP contribution >= 0.6 is 11.6 Å². The first-order valence-corrected chi connectivity index (χ1v) is 6.41. The third kappa shape index (κ3) is 3.45. The molecule has 106 valence electrons. The van der Waals surface area contributed by atoms with E-state index in [-0.39, 0.29) is 6.54 Å². The topological polar surface area (TPSA) is 12.0 Å². The van der Waals surface area contributed by atoms with Crippen molar-refractivity contribution in [2.75, 3.05) is 5.32 Å². The van der Waals surface area contributed by atoms with Crippen molar-refractivity contribution in [2.45, 2.75) is 19.6 Å². The fourth-order valence-electron chi connectivity index (χ4n) is 1.90. The summed E-state index contributed by atoms with van der Waals surface area (Å²) < 4.78 is 37.9. The standard InChI is InChI=1S/C15H13ClF3N/c1-10-4-2-7-13(16)14(10)20-9-11-5-3-6-12(8-11)15(17,18)19/h2-8,20H,9H2,1H3. The van der Waals surface area contributed by atoms with Gasteiger partial charge >= 0.3 is 6.18 Å². The van der Waals surface area contributed by atoms with Gasteiger partial charge in [-0.3, -0.25) is 0 Å². The van der Waals surface area contributed by atoms with Crippen molar-refractivity contribution >= 4 is 17.3 Å². The molecule has 0 amide bonds. The summed E-state index contributed by atoms with van der Waals surface area (Å²) in [7, 11) is 0. The SMILES string of the molecule is Cc1cccc(Cl)c1NCc1cccc(C(F)(F)F)c1. The molecule has 0 aromatic heterocycles. The van der Waals surface area contributed by atoms with Gasteiger partial charge in [-0.15, -0.1) is 0 Å². The van der Waals surface area contributed by atoms with Gasteiger partial charge < -0.3 is 5.32 Å². The van der Waals surface area contributed by atoms with E-state index in [9.17, 15) is 13.2 Å². The van der Waals surface area contributed by atoms with E-state index in [4.69, 9.17) is 11.6 Å². The fourth-order valence-corrected chi connectivity index (χ4v) is 2.19. The number of halogens is 4. The van der Waals surface area contributed by atoms with Crippen molar-refractivity contribution in [2.24, 2.45) is 0 Å². The molecule has 0 aliphatic heterocycles. The lowest BCUT2D eigenvalue weighted by Gasteiger charge is -2.13. The number of para-hydroxylation sites is 1. The maximum Gasteiger partial charge on any atom is 0.416 e.